The van der Waals surface area contributed by atoms with E-state index in [0.29, 0.717) is 27.1 Å². The highest BCUT2D eigenvalue weighted by molar-refractivity contribution is 6.35. The quantitative estimate of drug-likeness (QED) is 0.639. The maximum Gasteiger partial charge on any atom is 0.291 e. The lowest BCUT2D eigenvalue weighted by atomic mass is 10.2. The third-order valence-corrected chi connectivity index (χ3v) is 3.71. The van der Waals surface area contributed by atoms with Gasteiger partial charge in [0.25, 0.3) is 5.91 Å². The molecular formula is C17H11Cl2NO3. The van der Waals surface area contributed by atoms with Crippen molar-refractivity contribution in [1.82, 2.24) is 0 Å². The number of halogens is 2. The molecule has 0 bridgehead atoms. The van der Waals surface area contributed by atoms with Crippen molar-refractivity contribution in [3.8, 4) is 17.1 Å². The zero-order valence-corrected chi connectivity index (χ0v) is 13.2. The highest BCUT2D eigenvalue weighted by Crippen LogP contribution is 2.32. The summed E-state index contributed by atoms with van der Waals surface area (Å²) < 4.78 is 5.56. The number of phenols is 1. The smallest absolute Gasteiger partial charge is 0.291 e. The number of aromatic hydroxyl groups is 1. The lowest BCUT2D eigenvalue weighted by molar-refractivity contribution is 0.0997. The van der Waals surface area contributed by atoms with Gasteiger partial charge < -0.3 is 14.8 Å². The van der Waals surface area contributed by atoms with Crippen LogP contribution in [0.25, 0.3) is 11.3 Å². The molecule has 2 aromatic carbocycles. The van der Waals surface area contributed by atoms with E-state index < -0.39 is 5.91 Å². The van der Waals surface area contributed by atoms with Gasteiger partial charge in [0.2, 0.25) is 0 Å². The maximum absolute atomic E-state index is 12.2. The Balaban J connectivity index is 1.82. The van der Waals surface area contributed by atoms with E-state index >= 15 is 0 Å². The number of phenolic OH excluding ortho intramolecular Hbond substituents is 1. The van der Waals surface area contributed by atoms with Gasteiger partial charge in [-0.2, -0.15) is 0 Å². The lowest BCUT2D eigenvalue weighted by Gasteiger charge is -2.04. The molecule has 6 heteroatoms. The van der Waals surface area contributed by atoms with Crippen LogP contribution < -0.4 is 5.32 Å². The standard InChI is InChI=1S/C17H11Cl2NO3/c18-10-1-6-14(19)13(9-10)15-7-8-16(23-15)17(22)20-11-2-4-12(21)5-3-11/h1-9,21H,(H,20,22). The van der Waals surface area contributed by atoms with Crippen LogP contribution in [0.4, 0.5) is 5.69 Å². The van der Waals surface area contributed by atoms with E-state index in [1.807, 2.05) is 0 Å². The molecule has 2 N–H and O–H groups in total. The molecule has 0 atom stereocenters. The van der Waals surface area contributed by atoms with Crippen LogP contribution in [0.5, 0.6) is 5.75 Å². The van der Waals surface area contributed by atoms with Crippen LogP contribution in [0.1, 0.15) is 10.6 Å². The van der Waals surface area contributed by atoms with Gasteiger partial charge in [-0.15, -0.1) is 0 Å². The summed E-state index contributed by atoms with van der Waals surface area (Å²) in [5.41, 5.74) is 1.16. The van der Waals surface area contributed by atoms with Crippen LogP contribution in [0.15, 0.2) is 59.0 Å². The third kappa shape index (κ3) is 3.50. The number of benzene rings is 2. The molecule has 1 aromatic heterocycles. The van der Waals surface area contributed by atoms with E-state index in [0.717, 1.165) is 0 Å². The van der Waals surface area contributed by atoms with Crippen LogP contribution in [0, 0.1) is 0 Å². The van der Waals surface area contributed by atoms with Crippen LogP contribution >= 0.6 is 23.2 Å². The summed E-state index contributed by atoms with van der Waals surface area (Å²) >= 11 is 12.1. The number of anilines is 1. The van der Waals surface area contributed by atoms with Gasteiger partial charge in [-0.25, -0.2) is 0 Å². The summed E-state index contributed by atoms with van der Waals surface area (Å²) in [4.78, 5) is 12.2. The average Bonchev–Trinajstić information content (AvgIpc) is 3.02. The highest BCUT2D eigenvalue weighted by atomic mass is 35.5. The number of rotatable bonds is 3. The molecule has 0 fully saturated rings. The number of hydrogen-bond donors (Lipinski definition) is 2. The summed E-state index contributed by atoms with van der Waals surface area (Å²) in [6, 6.07) is 14.4. The van der Waals surface area contributed by atoms with Crippen molar-refractivity contribution in [3.63, 3.8) is 0 Å². The Bertz CT molecular complexity index is 857. The Morgan fingerprint density at radius 2 is 1.74 bits per heavy atom. The summed E-state index contributed by atoms with van der Waals surface area (Å²) in [7, 11) is 0. The number of carbonyl (C=O) groups excluding carboxylic acids is 1. The molecule has 0 aliphatic carbocycles. The maximum atomic E-state index is 12.2. The summed E-state index contributed by atoms with van der Waals surface area (Å²) in [5, 5.41) is 12.9. The average molecular weight is 348 g/mol. The Morgan fingerprint density at radius 3 is 2.48 bits per heavy atom. The van der Waals surface area contributed by atoms with Crippen molar-refractivity contribution in [3.05, 3.63) is 70.4 Å². The first-order chi connectivity index (χ1) is 11.0. The molecule has 23 heavy (non-hydrogen) atoms. The summed E-state index contributed by atoms with van der Waals surface area (Å²) in [6.45, 7) is 0. The van der Waals surface area contributed by atoms with Crippen LogP contribution in [0.2, 0.25) is 10.0 Å². The van der Waals surface area contributed by atoms with Gasteiger partial charge in [-0.05, 0) is 54.6 Å². The summed E-state index contributed by atoms with van der Waals surface area (Å²) in [6.07, 6.45) is 0. The second-order valence-electron chi connectivity index (χ2n) is 4.79. The Kier molecular flexibility index (Phi) is 4.28. The Labute approximate surface area is 142 Å². The monoisotopic (exact) mass is 347 g/mol. The van der Waals surface area contributed by atoms with Gasteiger partial charge in [0.05, 0.1) is 5.02 Å². The van der Waals surface area contributed by atoms with E-state index in [1.165, 1.54) is 12.1 Å². The van der Waals surface area contributed by atoms with E-state index in [9.17, 15) is 9.90 Å². The minimum atomic E-state index is -0.403. The van der Waals surface area contributed by atoms with Gasteiger partial charge in [-0.1, -0.05) is 23.2 Å². The van der Waals surface area contributed by atoms with Crippen molar-refractivity contribution >= 4 is 34.8 Å². The van der Waals surface area contributed by atoms with E-state index in [1.54, 1.807) is 42.5 Å². The molecule has 116 valence electrons. The van der Waals surface area contributed by atoms with Crippen molar-refractivity contribution in [2.24, 2.45) is 0 Å². The summed E-state index contributed by atoms with van der Waals surface area (Å²) in [5.74, 6) is 0.316. The Morgan fingerprint density at radius 1 is 1.00 bits per heavy atom. The number of amides is 1. The second-order valence-corrected chi connectivity index (χ2v) is 5.63. The molecule has 0 aliphatic rings. The largest absolute Gasteiger partial charge is 0.508 e. The predicted molar refractivity (Wildman–Crippen MR) is 90.2 cm³/mol. The Hall–Kier alpha value is -2.43. The van der Waals surface area contributed by atoms with Gasteiger partial charge in [-0.3, -0.25) is 4.79 Å². The first kappa shape index (κ1) is 15.5. The van der Waals surface area contributed by atoms with Gasteiger partial charge in [0, 0.05) is 16.3 Å². The lowest BCUT2D eigenvalue weighted by Crippen LogP contribution is -2.10. The van der Waals surface area contributed by atoms with Crippen molar-refractivity contribution in [2.75, 3.05) is 5.32 Å². The molecule has 4 nitrogen and oxygen atoms in total. The number of carbonyl (C=O) groups is 1. The predicted octanol–water partition coefficient (Wildman–Crippen LogP) is 5.21. The molecule has 3 rings (SSSR count). The SMILES string of the molecule is O=C(Nc1ccc(O)cc1)c1ccc(-c2cc(Cl)ccc2Cl)o1. The van der Waals surface area contributed by atoms with Gasteiger partial charge in [0.1, 0.15) is 11.5 Å². The van der Waals surface area contributed by atoms with Crippen LogP contribution in [-0.2, 0) is 0 Å². The first-order valence-electron chi connectivity index (χ1n) is 6.68. The zero-order valence-electron chi connectivity index (χ0n) is 11.7. The minimum absolute atomic E-state index is 0.124. The van der Waals surface area contributed by atoms with E-state index in [2.05, 4.69) is 5.32 Å². The van der Waals surface area contributed by atoms with Crippen LogP contribution in [0.3, 0.4) is 0 Å². The van der Waals surface area contributed by atoms with Crippen molar-refractivity contribution in [2.45, 2.75) is 0 Å². The van der Waals surface area contributed by atoms with Gasteiger partial charge in [0.15, 0.2) is 5.76 Å². The van der Waals surface area contributed by atoms with Crippen molar-refractivity contribution in [1.29, 1.82) is 0 Å². The molecular weight excluding hydrogens is 337 g/mol. The van der Waals surface area contributed by atoms with Gasteiger partial charge >= 0.3 is 0 Å². The number of furan rings is 1. The number of hydrogen-bond acceptors (Lipinski definition) is 3. The third-order valence-electron chi connectivity index (χ3n) is 3.15. The molecule has 0 radical (unpaired) electrons. The number of nitrogens with one attached hydrogen (secondary N) is 1. The fraction of sp³-hybridized carbons (Fsp3) is 0. The molecule has 0 saturated carbocycles. The molecule has 0 spiro atoms. The molecule has 1 amide bonds. The minimum Gasteiger partial charge on any atom is -0.508 e. The fourth-order valence-corrected chi connectivity index (χ4v) is 2.41. The topological polar surface area (TPSA) is 62.5 Å². The zero-order chi connectivity index (χ0) is 16.4. The highest BCUT2D eigenvalue weighted by Gasteiger charge is 2.14. The van der Waals surface area contributed by atoms with Crippen LogP contribution in [-0.4, -0.2) is 11.0 Å². The molecule has 0 aliphatic heterocycles. The molecule has 3 aromatic rings. The first-order valence-corrected chi connectivity index (χ1v) is 7.44. The molecule has 0 unspecified atom stereocenters. The molecule has 1 heterocycles. The fourth-order valence-electron chi connectivity index (χ4n) is 2.03. The second kappa shape index (κ2) is 6.36. The van der Waals surface area contributed by atoms with Crippen molar-refractivity contribution < 1.29 is 14.3 Å². The van der Waals surface area contributed by atoms with E-state index in [4.69, 9.17) is 27.6 Å². The van der Waals surface area contributed by atoms with E-state index in [-0.39, 0.29) is 11.5 Å². The molecule has 0 saturated heterocycles. The normalized spacial score (nSPS) is 10.5.